The summed E-state index contributed by atoms with van der Waals surface area (Å²) in [6.45, 7) is 4.15. The first-order chi connectivity index (χ1) is 12.4. The Labute approximate surface area is 158 Å². The second kappa shape index (κ2) is 12.5. The maximum Gasteiger partial charge on any atom is 0.303 e. The predicted octanol–water partition coefficient (Wildman–Crippen LogP) is 3.51. The van der Waals surface area contributed by atoms with E-state index in [1.54, 1.807) is 0 Å². The molecule has 0 bridgehead atoms. The van der Waals surface area contributed by atoms with E-state index in [1.807, 2.05) is 19.1 Å². The number of hydrogen-bond acceptors (Lipinski definition) is 4. The zero-order valence-corrected chi connectivity index (χ0v) is 16.4. The van der Waals surface area contributed by atoms with Gasteiger partial charge in [0.2, 0.25) is 0 Å². The van der Waals surface area contributed by atoms with E-state index in [2.05, 4.69) is 6.92 Å². The van der Waals surface area contributed by atoms with E-state index >= 15 is 0 Å². The minimum absolute atomic E-state index is 0.140. The molecule has 152 valence electrons. The van der Waals surface area contributed by atoms with Crippen LogP contribution in [-0.2, 0) is 4.79 Å². The molecule has 5 heteroatoms. The molecule has 26 heavy (non-hydrogen) atoms. The van der Waals surface area contributed by atoms with Crippen LogP contribution in [0, 0.1) is 17.8 Å². The number of aliphatic hydroxyl groups excluding tert-OH is 3. The maximum atomic E-state index is 10.6. The van der Waals surface area contributed by atoms with Crippen LogP contribution in [0.1, 0.15) is 78.1 Å². The van der Waals surface area contributed by atoms with Crippen LogP contribution in [0.3, 0.4) is 0 Å². The molecule has 0 heterocycles. The molecule has 0 aromatic carbocycles. The van der Waals surface area contributed by atoms with Crippen molar-refractivity contribution in [1.82, 2.24) is 0 Å². The molecule has 1 fully saturated rings. The Morgan fingerprint density at radius 1 is 1.12 bits per heavy atom. The van der Waals surface area contributed by atoms with E-state index in [4.69, 9.17) is 5.11 Å². The highest BCUT2D eigenvalue weighted by Gasteiger charge is 2.44. The Kier molecular flexibility index (Phi) is 11.1. The van der Waals surface area contributed by atoms with Crippen molar-refractivity contribution in [1.29, 1.82) is 0 Å². The van der Waals surface area contributed by atoms with Crippen LogP contribution in [0.5, 0.6) is 0 Å². The van der Waals surface area contributed by atoms with E-state index in [0.29, 0.717) is 25.7 Å². The zero-order valence-electron chi connectivity index (χ0n) is 16.4. The first kappa shape index (κ1) is 23.1. The molecular formula is C21H38O5. The molecular weight excluding hydrogens is 332 g/mol. The van der Waals surface area contributed by atoms with Crippen molar-refractivity contribution in [2.75, 3.05) is 0 Å². The van der Waals surface area contributed by atoms with Gasteiger partial charge in [-0.3, -0.25) is 4.79 Å². The van der Waals surface area contributed by atoms with Gasteiger partial charge in [-0.1, -0.05) is 58.1 Å². The van der Waals surface area contributed by atoms with Crippen LogP contribution in [0.2, 0.25) is 0 Å². The van der Waals surface area contributed by atoms with Gasteiger partial charge in [-0.15, -0.1) is 0 Å². The Balaban J connectivity index is 2.48. The summed E-state index contributed by atoms with van der Waals surface area (Å²) in [5.74, 6) is -1.05. The van der Waals surface area contributed by atoms with E-state index in [9.17, 15) is 20.1 Å². The van der Waals surface area contributed by atoms with Crippen LogP contribution in [0.15, 0.2) is 12.2 Å². The van der Waals surface area contributed by atoms with Crippen molar-refractivity contribution in [2.45, 2.75) is 96.4 Å². The maximum absolute atomic E-state index is 10.6. The van der Waals surface area contributed by atoms with Gasteiger partial charge in [0, 0.05) is 12.3 Å². The number of aliphatic hydroxyl groups is 3. The molecule has 0 aromatic heterocycles. The van der Waals surface area contributed by atoms with Gasteiger partial charge in [0.15, 0.2) is 0 Å². The van der Waals surface area contributed by atoms with Gasteiger partial charge >= 0.3 is 5.97 Å². The van der Waals surface area contributed by atoms with E-state index in [1.165, 1.54) is 19.3 Å². The number of rotatable bonds is 13. The molecule has 1 saturated carbocycles. The second-order valence-electron chi connectivity index (χ2n) is 7.96. The Morgan fingerprint density at radius 3 is 2.46 bits per heavy atom. The number of allylic oxidation sites excluding steroid dienone is 2. The fourth-order valence-electron chi connectivity index (χ4n) is 4.04. The molecule has 4 N–H and O–H groups in total. The predicted molar refractivity (Wildman–Crippen MR) is 103 cm³/mol. The Bertz CT molecular complexity index is 423. The minimum Gasteiger partial charge on any atom is -0.481 e. The topological polar surface area (TPSA) is 98.0 Å². The number of hydrogen-bond donors (Lipinski definition) is 4. The molecule has 5 nitrogen and oxygen atoms in total. The second-order valence-corrected chi connectivity index (χ2v) is 7.96. The third kappa shape index (κ3) is 8.19. The monoisotopic (exact) mass is 370 g/mol. The third-order valence-corrected chi connectivity index (χ3v) is 5.65. The van der Waals surface area contributed by atoms with Gasteiger partial charge in [0.05, 0.1) is 18.3 Å². The molecule has 0 amide bonds. The molecule has 4 unspecified atom stereocenters. The molecule has 1 rings (SSSR count). The SMILES string of the molecule is CCCCCCCC(O)[C@@H]1C(O)CC(O)[C@@H]1CC=CC(C)CCC(=O)O. The lowest BCUT2D eigenvalue weighted by Gasteiger charge is -2.27. The lowest BCUT2D eigenvalue weighted by Crippen LogP contribution is -2.33. The van der Waals surface area contributed by atoms with Gasteiger partial charge in [0.25, 0.3) is 0 Å². The molecule has 0 aliphatic heterocycles. The molecule has 0 saturated heterocycles. The summed E-state index contributed by atoms with van der Waals surface area (Å²) in [7, 11) is 0. The van der Waals surface area contributed by atoms with Crippen molar-refractivity contribution < 1.29 is 25.2 Å². The van der Waals surface area contributed by atoms with Crippen LogP contribution >= 0.6 is 0 Å². The number of unbranched alkanes of at least 4 members (excludes halogenated alkanes) is 4. The highest BCUT2D eigenvalue weighted by Crippen LogP contribution is 2.38. The average Bonchev–Trinajstić information content (AvgIpc) is 2.86. The Hall–Kier alpha value is -0.910. The minimum atomic E-state index is -0.790. The smallest absolute Gasteiger partial charge is 0.303 e. The molecule has 6 atom stereocenters. The number of carboxylic acids is 1. The van der Waals surface area contributed by atoms with Crippen molar-refractivity contribution in [3.05, 3.63) is 12.2 Å². The molecule has 1 aliphatic rings. The molecule has 1 aliphatic carbocycles. The number of aliphatic carboxylic acids is 1. The van der Waals surface area contributed by atoms with Gasteiger partial charge in [0.1, 0.15) is 0 Å². The van der Waals surface area contributed by atoms with Crippen LogP contribution in [-0.4, -0.2) is 44.7 Å². The molecule has 0 radical (unpaired) electrons. The highest BCUT2D eigenvalue weighted by atomic mass is 16.4. The summed E-state index contributed by atoms with van der Waals surface area (Å²) in [6.07, 6.45) is 10.1. The van der Waals surface area contributed by atoms with Crippen molar-refractivity contribution in [2.24, 2.45) is 17.8 Å². The van der Waals surface area contributed by atoms with E-state index < -0.39 is 24.3 Å². The normalized spacial score (nSPS) is 28.5. The lowest BCUT2D eigenvalue weighted by atomic mass is 9.84. The van der Waals surface area contributed by atoms with Crippen molar-refractivity contribution in [3.63, 3.8) is 0 Å². The summed E-state index contributed by atoms with van der Waals surface area (Å²) < 4.78 is 0. The first-order valence-corrected chi connectivity index (χ1v) is 10.3. The van der Waals surface area contributed by atoms with Crippen molar-refractivity contribution >= 4 is 5.97 Å². The standard InChI is InChI=1S/C21H38O5/c1-3-4-5-6-7-11-17(22)21-16(18(23)14-19(21)24)10-8-9-15(2)12-13-20(25)26/h8-9,15-19,21-24H,3-7,10-14H2,1-2H3,(H,25,26)/t15?,16-,17?,18?,19?,21+/m0/s1. The summed E-state index contributed by atoms with van der Waals surface area (Å²) in [5, 5.41) is 39.8. The fraction of sp³-hybridized carbons (Fsp3) is 0.857. The van der Waals surface area contributed by atoms with Crippen LogP contribution in [0.25, 0.3) is 0 Å². The molecule has 0 spiro atoms. The van der Waals surface area contributed by atoms with Gasteiger partial charge in [-0.25, -0.2) is 0 Å². The molecule has 0 aromatic rings. The largest absolute Gasteiger partial charge is 0.481 e. The van der Waals surface area contributed by atoms with Gasteiger partial charge < -0.3 is 20.4 Å². The number of carbonyl (C=O) groups is 1. The summed E-state index contributed by atoms with van der Waals surface area (Å²) in [6, 6.07) is 0. The van der Waals surface area contributed by atoms with E-state index in [0.717, 1.165) is 12.8 Å². The fourth-order valence-corrected chi connectivity index (χ4v) is 4.04. The lowest BCUT2D eigenvalue weighted by molar-refractivity contribution is -0.137. The van der Waals surface area contributed by atoms with Crippen molar-refractivity contribution in [3.8, 4) is 0 Å². The van der Waals surface area contributed by atoms with Crippen LogP contribution < -0.4 is 0 Å². The zero-order chi connectivity index (χ0) is 19.5. The van der Waals surface area contributed by atoms with E-state index in [-0.39, 0.29) is 24.2 Å². The van der Waals surface area contributed by atoms with Crippen LogP contribution in [0.4, 0.5) is 0 Å². The highest BCUT2D eigenvalue weighted by molar-refractivity contribution is 5.66. The summed E-state index contributed by atoms with van der Waals surface area (Å²) >= 11 is 0. The van der Waals surface area contributed by atoms with Gasteiger partial charge in [-0.2, -0.15) is 0 Å². The average molecular weight is 371 g/mol. The first-order valence-electron chi connectivity index (χ1n) is 10.3. The Morgan fingerprint density at radius 2 is 1.81 bits per heavy atom. The third-order valence-electron chi connectivity index (χ3n) is 5.65. The summed E-state index contributed by atoms with van der Waals surface area (Å²) in [5.41, 5.74) is 0. The quantitative estimate of drug-likeness (QED) is 0.294. The van der Waals surface area contributed by atoms with Gasteiger partial charge in [-0.05, 0) is 37.5 Å². The number of carboxylic acid groups (broad SMARTS) is 1. The summed E-state index contributed by atoms with van der Waals surface area (Å²) in [4.78, 5) is 10.6.